The molecule has 19 rings (SSSR count). The van der Waals surface area contributed by atoms with E-state index in [4.69, 9.17) is 42.1 Å². The van der Waals surface area contributed by atoms with Crippen LogP contribution in [0.2, 0.25) is 0 Å². The third-order valence-corrected chi connectivity index (χ3v) is 30.1. The lowest BCUT2D eigenvalue weighted by molar-refractivity contribution is -0.316. The molecule has 0 spiro atoms. The van der Waals surface area contributed by atoms with Crippen molar-refractivity contribution in [2.45, 2.75) is 307 Å². The Kier molecular flexibility index (Phi) is 24.5. The molecule has 19 aliphatic rings. The summed E-state index contributed by atoms with van der Waals surface area (Å²) in [5, 5.41) is 20.5. The quantitative estimate of drug-likeness (QED) is 0.0668. The second-order valence-corrected chi connectivity index (χ2v) is 45.8. The summed E-state index contributed by atoms with van der Waals surface area (Å²) in [4.78, 5) is 69.6. The van der Waals surface area contributed by atoms with Crippen LogP contribution in [0.15, 0.2) is 0 Å². The van der Waals surface area contributed by atoms with Crippen molar-refractivity contribution in [1.82, 2.24) is 0 Å². The standard InChI is InChI=1S/2C16H26F2O2.C16H24F2O2.C14H20O4.C13H20O5S.C10H16O4/c1-13(2,3)16(17,18)20-10-14-5-11-4-12(6-14)8-15(19,7-11)9-14;2*1-14(2,3)16(17,18)20-9-15-6-10-4-11(7-15)13(19)12(5-10)8-15;1-14(2,3)13(16)17-6-10-7-4-8-9(5-7)12(15)18-11(8)10;1-13(2,3)12(14)17-6-9-7-4-8-10(5-7)19(15,16)18-11(8)9;1-10(2,3)9(12)14-6-7-4-5-13-8(7)11/h11-12,19H,4-10H2,1-3H3;10-13,19H,4-9H2,1-3H3;10-12H,4-9H2,1-3H3;7-11H,4-6H2,1-3H3;7-11H,4-6H2,1-3H3;7H,4-6H2,1-3H3. The van der Waals surface area contributed by atoms with Crippen LogP contribution in [-0.2, 0) is 81.0 Å². The second-order valence-electron chi connectivity index (χ2n) is 44.0. The highest BCUT2D eigenvalue weighted by molar-refractivity contribution is 7.87. The van der Waals surface area contributed by atoms with E-state index in [1.165, 1.54) is 68.7 Å². The van der Waals surface area contributed by atoms with Gasteiger partial charge in [0, 0.05) is 35.5 Å². The third-order valence-electron chi connectivity index (χ3n) is 28.3. The monoisotopic (exact) mass is 1600 g/mol. The largest absolute Gasteiger partial charge is 0.465 e. The molecule has 16 bridgehead atoms. The van der Waals surface area contributed by atoms with E-state index < -0.39 is 66.5 Å². The van der Waals surface area contributed by atoms with Gasteiger partial charge in [0.1, 0.15) is 18.5 Å². The number of carbonyl (C=O) groups excluding carboxylic acids is 6. The molecule has 2 N–H and O–H groups in total. The molecule has 17 atom stereocenters. The summed E-state index contributed by atoms with van der Waals surface area (Å²) in [6.07, 6.45) is 9.21. The minimum atomic E-state index is -3.37. The SMILES string of the molecule is CC(C)(C)C(=O)OCC1C2CC3C(=O)OC1C3C2.CC(C)(C)C(=O)OCC1C2CC3C1OS(=O)(=O)C3C2.CC(C)(C)C(=O)OCC1CCOC1=O.CC(C)(C)C(F)(F)OCC12CC3CC(C1)C(=O)C(C3)C2.CC(C)(C)C(F)(F)OCC12CC3CC(C1)C(O)C(C3)C2.CC(C)(C)C(F)(F)OCC12CC3CC(CC(O)(C3)C1)C2. The fraction of sp³-hybridized carbons (Fsp3) is 0.929. The molecule has 3 aliphatic heterocycles. The topological polar surface area (TPSA) is 260 Å². The van der Waals surface area contributed by atoms with Crippen molar-refractivity contribution in [3.8, 4) is 0 Å². The molecule has 0 aromatic heterocycles. The van der Waals surface area contributed by atoms with Gasteiger partial charge in [-0.1, -0.05) is 62.3 Å². The van der Waals surface area contributed by atoms with Crippen LogP contribution >= 0.6 is 0 Å². The smallest absolute Gasteiger partial charge is 0.360 e. The predicted molar refractivity (Wildman–Crippen MR) is 397 cm³/mol. The van der Waals surface area contributed by atoms with Crippen molar-refractivity contribution < 1.29 is 116 Å². The number of esters is 5. The highest BCUT2D eigenvalue weighted by Gasteiger charge is 2.66. The van der Waals surface area contributed by atoms with Crippen LogP contribution in [0.1, 0.15) is 259 Å². The first-order valence-electron chi connectivity index (χ1n) is 41.6. The molecule has 19 nitrogen and oxygen atoms in total. The average Bonchev–Trinajstić information content (AvgIpc) is 1.70. The minimum absolute atomic E-state index is 0.00835. The van der Waals surface area contributed by atoms with Crippen LogP contribution in [0.4, 0.5) is 26.3 Å². The van der Waals surface area contributed by atoms with Crippen LogP contribution in [-0.4, -0.2) is 148 Å². The molecule has 17 unspecified atom stereocenters. The maximum atomic E-state index is 14.0. The highest BCUT2D eigenvalue weighted by atomic mass is 32.2. The lowest BCUT2D eigenvalue weighted by atomic mass is 9.48. The number of fused-ring (bicyclic) bond motifs is 2. The number of hydrogen-bond donors (Lipinski definition) is 2. The number of hydrogen-bond acceptors (Lipinski definition) is 19. The first-order chi connectivity index (χ1) is 50.8. The van der Waals surface area contributed by atoms with Crippen molar-refractivity contribution in [2.24, 2.45) is 143 Å². The van der Waals surface area contributed by atoms with E-state index in [0.717, 1.165) is 109 Å². The van der Waals surface area contributed by atoms with Crippen LogP contribution < -0.4 is 0 Å². The van der Waals surface area contributed by atoms with E-state index >= 15 is 0 Å². The van der Waals surface area contributed by atoms with Crippen molar-refractivity contribution in [3.63, 3.8) is 0 Å². The number of ketones is 1. The van der Waals surface area contributed by atoms with Crippen molar-refractivity contribution in [3.05, 3.63) is 0 Å². The Morgan fingerprint density at radius 2 is 0.883 bits per heavy atom. The lowest BCUT2D eigenvalue weighted by Gasteiger charge is -2.60. The number of ether oxygens (including phenoxy) is 8. The second kappa shape index (κ2) is 30.9. The van der Waals surface area contributed by atoms with Gasteiger partial charge in [-0.15, -0.1) is 0 Å². The molecule has 0 aromatic rings. The Balaban J connectivity index is 0.000000132. The van der Waals surface area contributed by atoms with Gasteiger partial charge in [-0.2, -0.15) is 34.8 Å². The van der Waals surface area contributed by atoms with Gasteiger partial charge >= 0.3 is 48.2 Å². The van der Waals surface area contributed by atoms with Crippen molar-refractivity contribution in [1.29, 1.82) is 0 Å². The maximum absolute atomic E-state index is 14.0. The van der Waals surface area contributed by atoms with Crippen LogP contribution in [0.25, 0.3) is 0 Å². The van der Waals surface area contributed by atoms with Crippen LogP contribution in [0, 0.1) is 143 Å². The van der Waals surface area contributed by atoms with Gasteiger partial charge in [0.05, 0.1) is 107 Å². The Morgan fingerprint density at radius 3 is 1.32 bits per heavy atom. The molecule has 3 heterocycles. The number of rotatable bonds is 15. The fourth-order valence-corrected chi connectivity index (χ4v) is 24.7. The molecule has 0 radical (unpaired) electrons. The van der Waals surface area contributed by atoms with E-state index in [0.29, 0.717) is 91.5 Å². The van der Waals surface area contributed by atoms with Gasteiger partial charge in [-0.3, -0.25) is 33.0 Å². The molecular formula is C85H132F6O19S. The molecule has 0 aromatic carbocycles. The predicted octanol–water partition coefficient (Wildman–Crippen LogP) is 16.1. The molecule has 0 amide bonds. The van der Waals surface area contributed by atoms with E-state index in [9.17, 15) is 73.7 Å². The molecule has 3 saturated heterocycles. The van der Waals surface area contributed by atoms with Gasteiger partial charge in [0.2, 0.25) is 0 Å². The highest BCUT2D eigenvalue weighted by Crippen LogP contribution is 2.65. The number of Topliss-reactive ketones (excluding diaryl/α,β-unsaturated/α-hetero) is 1. The normalized spacial score (nSPS) is 39.9. The summed E-state index contributed by atoms with van der Waals surface area (Å²) >= 11 is 0. The van der Waals surface area contributed by atoms with E-state index in [1.807, 2.05) is 41.5 Å². The summed E-state index contributed by atoms with van der Waals surface area (Å²) in [5.74, 6) is 3.93. The number of carbonyl (C=O) groups is 6. The van der Waals surface area contributed by atoms with Gasteiger partial charge in [-0.25, -0.2) is 0 Å². The molecular weight excluding hydrogens is 1470 g/mol. The van der Waals surface area contributed by atoms with E-state index in [1.54, 1.807) is 20.8 Å². The molecule has 26 heteroatoms. The summed E-state index contributed by atoms with van der Waals surface area (Å²) < 4.78 is 154. The number of halogens is 6. The van der Waals surface area contributed by atoms with Gasteiger partial charge < -0.3 is 48.1 Å². The zero-order valence-electron chi connectivity index (χ0n) is 69.4. The lowest BCUT2D eigenvalue weighted by Crippen LogP contribution is -2.57. The summed E-state index contributed by atoms with van der Waals surface area (Å²) in [6.45, 7) is 31.4. The molecule has 16 saturated carbocycles. The van der Waals surface area contributed by atoms with E-state index in [2.05, 4.69) is 0 Å². The van der Waals surface area contributed by atoms with Gasteiger partial charge in [0.25, 0.3) is 10.1 Å². The Bertz CT molecular complexity index is 3470. The average molecular weight is 1600 g/mol. The first-order valence-corrected chi connectivity index (χ1v) is 43.0. The molecule has 634 valence electrons. The Hall–Kier alpha value is -3.69. The zero-order valence-corrected chi connectivity index (χ0v) is 70.2. The van der Waals surface area contributed by atoms with Crippen molar-refractivity contribution in [2.75, 3.05) is 46.2 Å². The van der Waals surface area contributed by atoms with Crippen LogP contribution in [0.3, 0.4) is 0 Å². The van der Waals surface area contributed by atoms with Gasteiger partial charge in [-0.05, 0) is 261 Å². The summed E-state index contributed by atoms with van der Waals surface area (Å²) in [5.41, 5.74) is -6.15. The first kappa shape index (κ1) is 88.1. The number of aliphatic hydroxyl groups is 2. The zero-order chi connectivity index (χ0) is 82.2. The van der Waals surface area contributed by atoms with E-state index in [-0.39, 0.29) is 144 Å². The fourth-order valence-electron chi connectivity index (χ4n) is 22.8. The molecule has 16 aliphatic carbocycles. The summed E-state index contributed by atoms with van der Waals surface area (Å²) in [6, 6.07) is 0. The van der Waals surface area contributed by atoms with Crippen LogP contribution in [0.5, 0.6) is 0 Å². The number of alkyl halides is 6. The van der Waals surface area contributed by atoms with Crippen molar-refractivity contribution >= 4 is 45.7 Å². The third kappa shape index (κ3) is 19.1. The Morgan fingerprint density at radius 1 is 0.468 bits per heavy atom. The molecule has 19 fully saturated rings. The Labute approximate surface area is 655 Å². The maximum Gasteiger partial charge on any atom is 0.360 e. The summed E-state index contributed by atoms with van der Waals surface area (Å²) in [7, 11) is -3.37. The molecule has 111 heavy (non-hydrogen) atoms. The number of aliphatic hydroxyl groups excluding tert-OH is 1. The minimum Gasteiger partial charge on any atom is -0.465 e. The van der Waals surface area contributed by atoms with Gasteiger partial charge in [0.15, 0.2) is 0 Å². The number of cyclic esters (lactones) is 1.